The molecule has 3 rings (SSSR count). The van der Waals surface area contributed by atoms with Gasteiger partial charge in [-0.3, -0.25) is 4.79 Å². The minimum Gasteiger partial charge on any atom is -0.393 e. The number of rotatable bonds is 4. The van der Waals surface area contributed by atoms with E-state index in [1.165, 1.54) is 11.8 Å². The van der Waals surface area contributed by atoms with Crippen molar-refractivity contribution in [1.82, 2.24) is 10.3 Å². The van der Waals surface area contributed by atoms with Gasteiger partial charge in [-0.1, -0.05) is 23.9 Å². The molecule has 0 radical (unpaired) electrons. The molecule has 1 aliphatic carbocycles. The zero-order valence-electron chi connectivity index (χ0n) is 12.5. The summed E-state index contributed by atoms with van der Waals surface area (Å²) >= 11 is 3.14. The molecule has 4 nitrogen and oxygen atoms in total. The number of nitrogens with one attached hydrogen (secondary N) is 1. The first-order valence-corrected chi connectivity index (χ1v) is 9.32. The molecule has 1 fully saturated rings. The molecule has 0 spiro atoms. The maximum atomic E-state index is 12.3. The van der Waals surface area contributed by atoms with Crippen LogP contribution in [0.1, 0.15) is 32.6 Å². The van der Waals surface area contributed by atoms with Crippen LogP contribution in [0.15, 0.2) is 28.6 Å². The predicted molar refractivity (Wildman–Crippen MR) is 91.3 cm³/mol. The van der Waals surface area contributed by atoms with Crippen molar-refractivity contribution >= 4 is 39.2 Å². The van der Waals surface area contributed by atoms with E-state index < -0.39 is 0 Å². The number of hydrogen-bond donors (Lipinski definition) is 2. The van der Waals surface area contributed by atoms with Crippen LogP contribution in [0.4, 0.5) is 0 Å². The summed E-state index contributed by atoms with van der Waals surface area (Å²) < 4.78 is 2.08. The maximum Gasteiger partial charge on any atom is 0.233 e. The van der Waals surface area contributed by atoms with Gasteiger partial charge in [-0.05, 0) is 44.7 Å². The summed E-state index contributed by atoms with van der Waals surface area (Å²) in [4.78, 5) is 16.9. The number of aliphatic hydroxyl groups excluding tert-OH is 1. The van der Waals surface area contributed by atoms with E-state index in [9.17, 15) is 9.90 Å². The van der Waals surface area contributed by atoms with Crippen molar-refractivity contribution in [3.8, 4) is 0 Å². The Morgan fingerprint density at radius 2 is 2.09 bits per heavy atom. The number of carbonyl (C=O) groups excluding carboxylic acids is 1. The summed E-state index contributed by atoms with van der Waals surface area (Å²) in [5.41, 5.74) is 0.990. The smallest absolute Gasteiger partial charge is 0.233 e. The number of aliphatic hydroxyl groups is 1. The van der Waals surface area contributed by atoms with Crippen LogP contribution in [0, 0.1) is 0 Å². The Morgan fingerprint density at radius 3 is 2.82 bits per heavy atom. The van der Waals surface area contributed by atoms with E-state index in [0.29, 0.717) is 0 Å². The van der Waals surface area contributed by atoms with Gasteiger partial charge in [-0.15, -0.1) is 11.3 Å². The lowest BCUT2D eigenvalue weighted by Crippen LogP contribution is -2.41. The van der Waals surface area contributed by atoms with Crippen molar-refractivity contribution in [1.29, 1.82) is 0 Å². The summed E-state index contributed by atoms with van der Waals surface area (Å²) in [6, 6.07) is 8.23. The monoisotopic (exact) mass is 336 g/mol. The molecule has 1 atom stereocenters. The zero-order chi connectivity index (χ0) is 15.5. The van der Waals surface area contributed by atoms with Crippen LogP contribution < -0.4 is 5.32 Å². The number of benzene rings is 1. The van der Waals surface area contributed by atoms with Crippen molar-refractivity contribution in [3.63, 3.8) is 0 Å². The van der Waals surface area contributed by atoms with Crippen LogP contribution in [0.2, 0.25) is 0 Å². The average Bonchev–Trinajstić information content (AvgIpc) is 2.91. The fraction of sp³-hybridized carbons (Fsp3) is 0.500. The Hall–Kier alpha value is -1.11. The lowest BCUT2D eigenvalue weighted by molar-refractivity contribution is -0.121. The average molecular weight is 336 g/mol. The number of para-hydroxylation sites is 1. The molecule has 22 heavy (non-hydrogen) atoms. The van der Waals surface area contributed by atoms with Gasteiger partial charge in [0.05, 0.1) is 21.6 Å². The van der Waals surface area contributed by atoms with E-state index in [1.54, 1.807) is 11.3 Å². The van der Waals surface area contributed by atoms with Crippen LogP contribution in [-0.4, -0.2) is 33.4 Å². The van der Waals surface area contributed by atoms with Gasteiger partial charge < -0.3 is 10.4 Å². The molecule has 0 bridgehead atoms. The molecule has 2 aromatic rings. The molecule has 118 valence electrons. The van der Waals surface area contributed by atoms with Crippen molar-refractivity contribution in [3.05, 3.63) is 24.3 Å². The fourth-order valence-corrected chi connectivity index (χ4v) is 4.87. The molecule has 0 saturated heterocycles. The number of thiazole rings is 1. The number of aromatic nitrogens is 1. The van der Waals surface area contributed by atoms with Crippen molar-refractivity contribution in [2.45, 2.75) is 54.3 Å². The highest BCUT2D eigenvalue weighted by Gasteiger charge is 2.24. The Kier molecular flexibility index (Phi) is 5.00. The molecule has 0 aliphatic heterocycles. The standard InChI is InChI=1S/C16H20N2O2S2/c1-10(15(20)17-11-6-8-12(19)9-7-11)21-16-18-13-4-2-3-5-14(13)22-16/h2-5,10-12,19H,6-9H2,1H3,(H,17,20). The molecule has 6 heteroatoms. The maximum absolute atomic E-state index is 12.3. The number of amides is 1. The van der Waals surface area contributed by atoms with Gasteiger partial charge in [-0.2, -0.15) is 0 Å². The van der Waals surface area contributed by atoms with E-state index in [1.807, 2.05) is 25.1 Å². The Balaban J connectivity index is 1.56. The van der Waals surface area contributed by atoms with Gasteiger partial charge in [0.2, 0.25) is 5.91 Å². The Morgan fingerprint density at radius 1 is 1.36 bits per heavy atom. The first-order chi connectivity index (χ1) is 10.6. The highest BCUT2D eigenvalue weighted by molar-refractivity contribution is 8.02. The van der Waals surface area contributed by atoms with Crippen molar-refractivity contribution < 1.29 is 9.90 Å². The lowest BCUT2D eigenvalue weighted by Gasteiger charge is -2.27. The van der Waals surface area contributed by atoms with E-state index in [0.717, 1.165) is 40.2 Å². The summed E-state index contributed by atoms with van der Waals surface area (Å²) in [6.07, 6.45) is 3.11. The Labute approximate surface area is 138 Å². The minimum absolute atomic E-state index is 0.0608. The van der Waals surface area contributed by atoms with Crippen LogP contribution in [0.5, 0.6) is 0 Å². The molecule has 1 aliphatic rings. The molecule has 1 saturated carbocycles. The highest BCUT2D eigenvalue weighted by Crippen LogP contribution is 2.32. The van der Waals surface area contributed by atoms with E-state index in [4.69, 9.17) is 0 Å². The van der Waals surface area contributed by atoms with E-state index in [-0.39, 0.29) is 23.3 Å². The number of hydrogen-bond acceptors (Lipinski definition) is 5. The van der Waals surface area contributed by atoms with Gasteiger partial charge in [0.25, 0.3) is 0 Å². The van der Waals surface area contributed by atoms with Gasteiger partial charge >= 0.3 is 0 Å². The summed E-state index contributed by atoms with van der Waals surface area (Å²) in [7, 11) is 0. The second-order valence-corrected chi connectivity index (χ2v) is 8.34. The number of thioether (sulfide) groups is 1. The molecular weight excluding hydrogens is 316 g/mol. The fourth-order valence-electron chi connectivity index (χ4n) is 2.64. The molecule has 1 unspecified atom stereocenters. The number of fused-ring (bicyclic) bond motifs is 1. The van der Waals surface area contributed by atoms with Crippen molar-refractivity contribution in [2.24, 2.45) is 0 Å². The second kappa shape index (κ2) is 6.98. The SMILES string of the molecule is CC(Sc1nc2ccccc2s1)C(=O)NC1CCC(O)CC1. The van der Waals surface area contributed by atoms with Gasteiger partial charge in [-0.25, -0.2) is 4.98 Å². The zero-order valence-corrected chi connectivity index (χ0v) is 14.1. The molecule has 1 aromatic carbocycles. The first kappa shape index (κ1) is 15.8. The predicted octanol–water partition coefficient (Wildman–Crippen LogP) is 3.20. The van der Waals surface area contributed by atoms with Crippen molar-refractivity contribution in [2.75, 3.05) is 0 Å². The third-order valence-corrected chi connectivity index (χ3v) is 6.19. The third-order valence-electron chi connectivity index (χ3n) is 3.96. The van der Waals surface area contributed by atoms with Gasteiger partial charge in [0.1, 0.15) is 0 Å². The summed E-state index contributed by atoms with van der Waals surface area (Å²) in [6.45, 7) is 1.92. The minimum atomic E-state index is -0.192. The van der Waals surface area contributed by atoms with Crippen LogP contribution in [-0.2, 0) is 4.79 Å². The topological polar surface area (TPSA) is 62.2 Å². The van der Waals surface area contributed by atoms with Crippen LogP contribution in [0.25, 0.3) is 10.2 Å². The molecule has 1 amide bonds. The number of nitrogens with zero attached hydrogens (tertiary/aromatic N) is 1. The Bertz CT molecular complexity index is 617. The molecule has 1 aromatic heterocycles. The largest absolute Gasteiger partial charge is 0.393 e. The lowest BCUT2D eigenvalue weighted by atomic mass is 9.93. The third kappa shape index (κ3) is 3.80. The van der Waals surface area contributed by atoms with E-state index in [2.05, 4.69) is 16.4 Å². The first-order valence-electron chi connectivity index (χ1n) is 7.62. The summed E-state index contributed by atoms with van der Waals surface area (Å²) in [5.74, 6) is 0.0608. The second-order valence-electron chi connectivity index (χ2n) is 5.72. The molecule has 1 heterocycles. The van der Waals surface area contributed by atoms with Gasteiger partial charge in [0, 0.05) is 6.04 Å². The highest BCUT2D eigenvalue weighted by atomic mass is 32.2. The number of carbonyl (C=O) groups is 1. The normalized spacial score (nSPS) is 23.4. The van der Waals surface area contributed by atoms with Crippen LogP contribution in [0.3, 0.4) is 0 Å². The quantitative estimate of drug-likeness (QED) is 0.842. The van der Waals surface area contributed by atoms with Crippen LogP contribution >= 0.6 is 23.1 Å². The molecule has 2 N–H and O–H groups in total. The summed E-state index contributed by atoms with van der Waals surface area (Å²) in [5, 5.41) is 12.4. The van der Waals surface area contributed by atoms with Gasteiger partial charge in [0.15, 0.2) is 4.34 Å². The molecular formula is C16H20N2O2S2. The van der Waals surface area contributed by atoms with E-state index >= 15 is 0 Å².